The van der Waals surface area contributed by atoms with Gasteiger partial charge in [-0.2, -0.15) is 0 Å². The van der Waals surface area contributed by atoms with Crippen LogP contribution in [0.4, 0.5) is 5.69 Å². The van der Waals surface area contributed by atoms with Gasteiger partial charge in [0.25, 0.3) is 0 Å². The van der Waals surface area contributed by atoms with Crippen molar-refractivity contribution in [1.29, 1.82) is 0 Å². The molecule has 0 radical (unpaired) electrons. The summed E-state index contributed by atoms with van der Waals surface area (Å²) in [4.78, 5) is 16.5. The Morgan fingerprint density at radius 1 is 0.611 bits per heavy atom. The fourth-order valence-corrected chi connectivity index (χ4v) is 14.5. The van der Waals surface area contributed by atoms with E-state index in [1.54, 1.807) is 0 Å². The molecule has 5 aromatic rings. The first kappa shape index (κ1) is 23.2. The van der Waals surface area contributed by atoms with E-state index in [0.29, 0.717) is 6.54 Å². The average Bonchev–Trinajstić information content (AvgIpc) is 3.36. The number of nitrogens with zero attached hydrogens (tertiary/aromatic N) is 1. The Morgan fingerprint density at radius 2 is 1.08 bits per heavy atom. The Kier molecular flexibility index (Phi) is 5.79. The van der Waals surface area contributed by atoms with Gasteiger partial charge in [0.05, 0.1) is 0 Å². The Hall–Kier alpha value is -3.26. The zero-order chi connectivity index (χ0) is 24.6. The van der Waals surface area contributed by atoms with Gasteiger partial charge in [-0.25, -0.2) is 0 Å². The number of hydrogen-bond acceptors (Lipinski definition) is 1. The van der Waals surface area contributed by atoms with E-state index in [4.69, 9.17) is 0 Å². The van der Waals surface area contributed by atoms with Gasteiger partial charge in [0.1, 0.15) is 0 Å². The standard InChI is InChI=1S/C32H27BrNOP/c33-36(28-14-4-1-5-15-28,29-16-6-2-7-17-29,30-18-8-3-9-19-30)31-22-23-34(32(31)35)27-21-20-25-12-10-11-13-26(25)24-27/h1-21,24,31H,22-23H2. The predicted octanol–water partition coefficient (Wildman–Crippen LogP) is 6.78. The maximum absolute atomic E-state index is 14.5. The van der Waals surface area contributed by atoms with Gasteiger partial charge >= 0.3 is 221 Å². The van der Waals surface area contributed by atoms with Crippen LogP contribution in [0.15, 0.2) is 133 Å². The van der Waals surface area contributed by atoms with E-state index in [1.165, 1.54) is 21.3 Å². The molecule has 4 heteroatoms. The summed E-state index contributed by atoms with van der Waals surface area (Å²) in [5.74, 6) is 0.177. The molecule has 0 N–H and O–H groups in total. The zero-order valence-corrected chi connectivity index (χ0v) is 22.4. The number of anilines is 1. The van der Waals surface area contributed by atoms with E-state index >= 15 is 0 Å². The third kappa shape index (κ3) is 3.38. The van der Waals surface area contributed by atoms with Crippen molar-refractivity contribution in [2.75, 3.05) is 11.4 Å². The first-order chi connectivity index (χ1) is 17.6. The van der Waals surface area contributed by atoms with Gasteiger partial charge < -0.3 is 0 Å². The van der Waals surface area contributed by atoms with Gasteiger partial charge in [-0.15, -0.1) is 0 Å². The number of fused-ring (bicyclic) bond motifs is 1. The molecule has 2 nitrogen and oxygen atoms in total. The van der Waals surface area contributed by atoms with E-state index in [2.05, 4.69) is 119 Å². The summed E-state index contributed by atoms with van der Waals surface area (Å²) >= 11 is 4.51. The Bertz CT molecular complexity index is 1440. The van der Waals surface area contributed by atoms with Gasteiger partial charge in [0, 0.05) is 0 Å². The van der Waals surface area contributed by atoms with E-state index in [9.17, 15) is 4.79 Å². The second-order valence-electron chi connectivity index (χ2n) is 9.41. The van der Waals surface area contributed by atoms with Crippen molar-refractivity contribution in [3.8, 4) is 0 Å². The minimum absolute atomic E-state index is 0.177. The number of carbonyl (C=O) groups excluding carboxylic acids is 1. The van der Waals surface area contributed by atoms with Crippen LogP contribution in [0.3, 0.4) is 0 Å². The molecule has 1 aliphatic rings. The van der Waals surface area contributed by atoms with Crippen LogP contribution in [0.1, 0.15) is 6.42 Å². The molecule has 0 bridgehead atoms. The number of amides is 1. The minimum atomic E-state index is -3.39. The summed E-state index contributed by atoms with van der Waals surface area (Å²) in [5.41, 5.74) is 0.739. The monoisotopic (exact) mass is 551 g/mol. The van der Waals surface area contributed by atoms with Crippen LogP contribution in [0.25, 0.3) is 10.8 Å². The van der Waals surface area contributed by atoms with Crippen molar-refractivity contribution < 1.29 is 4.79 Å². The summed E-state index contributed by atoms with van der Waals surface area (Å²) in [5, 5.41) is 2.48. The topological polar surface area (TPSA) is 20.3 Å². The number of benzene rings is 5. The van der Waals surface area contributed by atoms with Crippen LogP contribution in [-0.4, -0.2) is 18.1 Å². The molecule has 1 heterocycles. The van der Waals surface area contributed by atoms with Crippen LogP contribution in [0, 0.1) is 0 Å². The normalized spacial score (nSPS) is 17.1. The molecule has 1 amide bonds. The summed E-state index contributed by atoms with van der Waals surface area (Å²) < 4.78 is 0. The molecular weight excluding hydrogens is 525 g/mol. The molecule has 178 valence electrons. The molecule has 0 aromatic heterocycles. The zero-order valence-electron chi connectivity index (χ0n) is 19.9. The third-order valence-corrected chi connectivity index (χ3v) is 18.3. The second kappa shape index (κ2) is 9.00. The molecule has 1 atom stereocenters. The van der Waals surface area contributed by atoms with E-state index in [-0.39, 0.29) is 11.6 Å². The van der Waals surface area contributed by atoms with Gasteiger partial charge in [0.15, 0.2) is 0 Å². The molecule has 1 saturated heterocycles. The van der Waals surface area contributed by atoms with Crippen LogP contribution < -0.4 is 20.8 Å². The first-order valence-electron chi connectivity index (χ1n) is 12.3. The summed E-state index contributed by atoms with van der Waals surface area (Å²) in [7, 11) is 0. The van der Waals surface area contributed by atoms with Gasteiger partial charge in [-0.1, -0.05) is 0 Å². The van der Waals surface area contributed by atoms with E-state index < -0.39 is 5.31 Å². The third-order valence-electron chi connectivity index (χ3n) is 7.59. The summed E-state index contributed by atoms with van der Waals surface area (Å²) in [6, 6.07) is 46.5. The molecular formula is C32H27BrNOP. The van der Waals surface area contributed by atoms with Crippen molar-refractivity contribution in [3.63, 3.8) is 0 Å². The van der Waals surface area contributed by atoms with Crippen molar-refractivity contribution in [2.24, 2.45) is 0 Å². The molecule has 6 rings (SSSR count). The van der Waals surface area contributed by atoms with Crippen molar-refractivity contribution in [1.82, 2.24) is 0 Å². The molecule has 0 saturated carbocycles. The fraction of sp³-hybridized carbons (Fsp3) is 0.0938. The number of hydrogen-bond donors (Lipinski definition) is 0. The predicted molar refractivity (Wildman–Crippen MR) is 159 cm³/mol. The summed E-state index contributed by atoms with van der Waals surface area (Å²) in [6.07, 6.45) is 0.771. The average molecular weight is 552 g/mol. The Morgan fingerprint density at radius 3 is 1.61 bits per heavy atom. The number of carbonyl (C=O) groups is 1. The molecule has 5 aromatic carbocycles. The molecule has 1 unspecified atom stereocenters. The first-order valence-corrected chi connectivity index (χ1v) is 16.6. The van der Waals surface area contributed by atoms with E-state index in [0.717, 1.165) is 17.5 Å². The van der Waals surface area contributed by atoms with Crippen molar-refractivity contribution >= 4 is 59.1 Å². The Labute approximate surface area is 220 Å². The van der Waals surface area contributed by atoms with Crippen LogP contribution in [-0.2, 0) is 4.79 Å². The molecule has 0 spiro atoms. The molecule has 1 fully saturated rings. The van der Waals surface area contributed by atoms with Gasteiger partial charge in [-0.3, -0.25) is 0 Å². The summed E-state index contributed by atoms with van der Waals surface area (Å²) in [6.45, 7) is 0.692. The van der Waals surface area contributed by atoms with Gasteiger partial charge in [0.2, 0.25) is 0 Å². The van der Waals surface area contributed by atoms with Crippen LogP contribution >= 0.6 is 20.8 Å². The van der Waals surface area contributed by atoms with E-state index in [1.807, 2.05) is 35.2 Å². The number of halogens is 1. The second-order valence-corrected chi connectivity index (χ2v) is 18.1. The van der Waals surface area contributed by atoms with Gasteiger partial charge in [-0.05, 0) is 0 Å². The number of rotatable bonds is 5. The van der Waals surface area contributed by atoms with Crippen LogP contribution in [0.5, 0.6) is 0 Å². The molecule has 1 aliphatic heterocycles. The van der Waals surface area contributed by atoms with Crippen LogP contribution in [0.2, 0.25) is 0 Å². The van der Waals surface area contributed by atoms with Crippen molar-refractivity contribution in [2.45, 2.75) is 12.1 Å². The fourth-order valence-electron chi connectivity index (χ4n) is 5.86. The molecule has 36 heavy (non-hydrogen) atoms. The maximum atomic E-state index is 14.5. The SMILES string of the molecule is O=C1C(P(Br)(c2ccccc2)(c2ccccc2)c2ccccc2)CCN1c1ccc2ccccc2c1. The van der Waals surface area contributed by atoms with Crippen molar-refractivity contribution in [3.05, 3.63) is 133 Å². The molecule has 0 aliphatic carbocycles. The quantitative estimate of drug-likeness (QED) is 0.220. The Balaban J connectivity index is 1.58.